The van der Waals surface area contributed by atoms with Crippen LogP contribution in [0, 0.1) is 6.92 Å². The maximum absolute atomic E-state index is 12.4. The first-order valence-electron chi connectivity index (χ1n) is 11.0. The Morgan fingerprint density at radius 1 is 1.06 bits per heavy atom. The lowest BCUT2D eigenvalue weighted by atomic mass is 10.1. The number of nitrogens with one attached hydrogen (secondary N) is 1. The van der Waals surface area contributed by atoms with E-state index < -0.39 is 15.1 Å². The van der Waals surface area contributed by atoms with Crippen molar-refractivity contribution in [1.29, 1.82) is 0 Å². The molecule has 0 bridgehead atoms. The van der Waals surface area contributed by atoms with E-state index >= 15 is 0 Å². The molecule has 2 heterocycles. The minimum Gasteiger partial charge on any atom is -0.439 e. The molecular formula is C25H25N5O4S. The summed E-state index contributed by atoms with van der Waals surface area (Å²) in [4.78, 5) is 21.4. The maximum Gasteiger partial charge on any atom is 0.228 e. The molecule has 1 N–H and O–H groups in total. The number of amides is 1. The van der Waals surface area contributed by atoms with E-state index in [-0.39, 0.29) is 17.2 Å². The van der Waals surface area contributed by atoms with Gasteiger partial charge in [0.25, 0.3) is 0 Å². The third kappa shape index (κ3) is 5.90. The van der Waals surface area contributed by atoms with Gasteiger partial charge in [0, 0.05) is 24.1 Å². The van der Waals surface area contributed by atoms with Crippen LogP contribution in [-0.4, -0.2) is 39.3 Å². The number of sulfone groups is 1. The van der Waals surface area contributed by atoms with Gasteiger partial charge in [0.15, 0.2) is 15.7 Å². The van der Waals surface area contributed by atoms with Gasteiger partial charge in [-0.15, -0.1) is 0 Å². The number of hydrogen-bond donors (Lipinski definition) is 1. The monoisotopic (exact) mass is 491 g/mol. The fourth-order valence-corrected chi connectivity index (χ4v) is 4.35. The third-order valence-corrected chi connectivity index (χ3v) is 7.31. The van der Waals surface area contributed by atoms with Gasteiger partial charge in [-0.3, -0.25) is 4.79 Å². The molecule has 0 radical (unpaired) electrons. The standard InChI is InChI=1S/C25H25N5O4S/c1-17(2)35(32,33)22-11-5-19(6-12-22)15-24(31)29-20-7-9-21(10-8-20)34-25-16-23(27-18(3)28-25)30-14-4-13-26-30/h4-14,16-17H,15H2,1-3H3,(H,29,31). The van der Waals surface area contributed by atoms with Crippen LogP contribution in [0.3, 0.4) is 0 Å². The van der Waals surface area contributed by atoms with E-state index in [0.29, 0.717) is 29.0 Å². The smallest absolute Gasteiger partial charge is 0.228 e. The van der Waals surface area contributed by atoms with Crippen LogP contribution in [0.2, 0.25) is 0 Å². The SMILES string of the molecule is Cc1nc(Oc2ccc(NC(=O)Cc3ccc(S(=O)(=O)C(C)C)cc3)cc2)cc(-n2cccn2)n1. The van der Waals surface area contributed by atoms with Crippen LogP contribution in [0.5, 0.6) is 11.6 Å². The molecule has 2 aromatic carbocycles. The van der Waals surface area contributed by atoms with Gasteiger partial charge >= 0.3 is 0 Å². The largest absolute Gasteiger partial charge is 0.439 e. The number of hydrogen-bond acceptors (Lipinski definition) is 7. The van der Waals surface area contributed by atoms with Gasteiger partial charge in [0.05, 0.1) is 16.6 Å². The number of carbonyl (C=O) groups excluding carboxylic acids is 1. The summed E-state index contributed by atoms with van der Waals surface area (Å²) in [6.45, 7) is 5.05. The minimum atomic E-state index is -3.34. The number of aromatic nitrogens is 4. The lowest BCUT2D eigenvalue weighted by Crippen LogP contribution is -2.15. The van der Waals surface area contributed by atoms with Crippen molar-refractivity contribution in [2.24, 2.45) is 0 Å². The number of aryl methyl sites for hydroxylation is 1. The molecule has 4 aromatic rings. The highest BCUT2D eigenvalue weighted by Crippen LogP contribution is 2.23. The van der Waals surface area contributed by atoms with Crippen LogP contribution in [0.1, 0.15) is 25.2 Å². The van der Waals surface area contributed by atoms with Crippen LogP contribution >= 0.6 is 0 Å². The summed E-state index contributed by atoms with van der Waals surface area (Å²) in [5.74, 6) is 1.86. The fraction of sp³-hybridized carbons (Fsp3) is 0.200. The molecule has 0 saturated heterocycles. The van der Waals surface area contributed by atoms with Crippen molar-refractivity contribution in [3.8, 4) is 17.4 Å². The summed E-state index contributed by atoms with van der Waals surface area (Å²) >= 11 is 0. The fourth-order valence-electron chi connectivity index (χ4n) is 3.29. The van der Waals surface area contributed by atoms with Gasteiger partial charge in [-0.2, -0.15) is 10.1 Å². The van der Waals surface area contributed by atoms with E-state index in [1.165, 1.54) is 12.1 Å². The summed E-state index contributed by atoms with van der Waals surface area (Å²) in [5, 5.41) is 6.50. The predicted octanol–water partition coefficient (Wildman–Crippen LogP) is 4.13. The molecule has 10 heteroatoms. The van der Waals surface area contributed by atoms with Crippen molar-refractivity contribution in [3.63, 3.8) is 0 Å². The zero-order valence-corrected chi connectivity index (χ0v) is 20.4. The quantitative estimate of drug-likeness (QED) is 0.394. The summed E-state index contributed by atoms with van der Waals surface area (Å²) < 4.78 is 31.9. The first-order valence-corrected chi connectivity index (χ1v) is 12.5. The van der Waals surface area contributed by atoms with Crippen LogP contribution in [-0.2, 0) is 21.1 Å². The van der Waals surface area contributed by atoms with Crippen LogP contribution in [0.25, 0.3) is 5.82 Å². The van der Waals surface area contributed by atoms with Crippen molar-refractivity contribution < 1.29 is 17.9 Å². The molecule has 0 spiro atoms. The molecule has 0 atom stereocenters. The first kappa shape index (κ1) is 24.1. The van der Waals surface area contributed by atoms with Crippen molar-refractivity contribution in [1.82, 2.24) is 19.7 Å². The average molecular weight is 492 g/mol. The molecule has 0 aliphatic heterocycles. The number of nitrogens with zero attached hydrogens (tertiary/aromatic N) is 4. The highest BCUT2D eigenvalue weighted by atomic mass is 32.2. The summed E-state index contributed by atoms with van der Waals surface area (Å²) in [6.07, 6.45) is 3.57. The van der Waals surface area contributed by atoms with Gasteiger partial charge in [0.1, 0.15) is 11.6 Å². The van der Waals surface area contributed by atoms with Crippen molar-refractivity contribution >= 4 is 21.4 Å². The number of rotatable bonds is 8. The second kappa shape index (κ2) is 10.1. The molecule has 4 rings (SSSR count). The lowest BCUT2D eigenvalue weighted by Gasteiger charge is -2.10. The van der Waals surface area contributed by atoms with Crippen molar-refractivity contribution in [3.05, 3.63) is 84.4 Å². The van der Waals surface area contributed by atoms with Crippen molar-refractivity contribution in [2.75, 3.05) is 5.32 Å². The normalized spacial score (nSPS) is 11.4. The number of ether oxygens (including phenoxy) is 1. The van der Waals surface area contributed by atoms with Gasteiger partial charge in [0.2, 0.25) is 11.8 Å². The molecule has 180 valence electrons. The van der Waals surface area contributed by atoms with E-state index in [1.807, 2.05) is 0 Å². The zero-order valence-electron chi connectivity index (χ0n) is 19.5. The summed E-state index contributed by atoms with van der Waals surface area (Å²) in [5.41, 5.74) is 1.33. The van der Waals surface area contributed by atoms with E-state index in [2.05, 4.69) is 20.4 Å². The Balaban J connectivity index is 1.37. The van der Waals surface area contributed by atoms with Gasteiger partial charge in [-0.05, 0) is 68.8 Å². The second-order valence-electron chi connectivity index (χ2n) is 8.15. The number of anilines is 1. The lowest BCUT2D eigenvalue weighted by molar-refractivity contribution is -0.115. The molecule has 0 saturated carbocycles. The van der Waals surface area contributed by atoms with E-state index in [0.717, 1.165) is 5.56 Å². The highest BCUT2D eigenvalue weighted by molar-refractivity contribution is 7.92. The van der Waals surface area contributed by atoms with E-state index in [9.17, 15) is 13.2 Å². The Kier molecular flexibility index (Phi) is 6.92. The molecule has 9 nitrogen and oxygen atoms in total. The van der Waals surface area contributed by atoms with Gasteiger partial charge in [-0.25, -0.2) is 18.1 Å². The van der Waals surface area contributed by atoms with E-state index in [4.69, 9.17) is 4.74 Å². The molecule has 0 unspecified atom stereocenters. The molecule has 0 fully saturated rings. The molecule has 2 aromatic heterocycles. The Hall–Kier alpha value is -4.05. The summed E-state index contributed by atoms with van der Waals surface area (Å²) in [6, 6.07) is 16.8. The van der Waals surface area contributed by atoms with Gasteiger partial charge in [-0.1, -0.05) is 12.1 Å². The van der Waals surface area contributed by atoms with Crippen molar-refractivity contribution in [2.45, 2.75) is 37.3 Å². The topological polar surface area (TPSA) is 116 Å². The Labute approximate surface area is 203 Å². The molecule has 0 aliphatic rings. The molecule has 1 amide bonds. The van der Waals surface area contributed by atoms with Crippen LogP contribution in [0.15, 0.2) is 78.0 Å². The number of carbonyl (C=O) groups is 1. The minimum absolute atomic E-state index is 0.122. The Morgan fingerprint density at radius 3 is 2.40 bits per heavy atom. The molecule has 35 heavy (non-hydrogen) atoms. The Morgan fingerprint density at radius 2 is 1.77 bits per heavy atom. The van der Waals surface area contributed by atoms with Gasteiger partial charge < -0.3 is 10.1 Å². The second-order valence-corrected chi connectivity index (χ2v) is 10.7. The zero-order chi connectivity index (χ0) is 25.0. The predicted molar refractivity (Wildman–Crippen MR) is 132 cm³/mol. The average Bonchev–Trinajstić information content (AvgIpc) is 3.35. The Bertz CT molecular complexity index is 1420. The number of benzene rings is 2. The molecular weight excluding hydrogens is 466 g/mol. The maximum atomic E-state index is 12.4. The third-order valence-electron chi connectivity index (χ3n) is 5.14. The van der Waals surface area contributed by atoms with Crippen LogP contribution < -0.4 is 10.1 Å². The van der Waals surface area contributed by atoms with Crippen LogP contribution in [0.4, 0.5) is 5.69 Å². The van der Waals surface area contributed by atoms with E-state index in [1.54, 1.807) is 86.4 Å². The first-order chi connectivity index (χ1) is 16.7. The molecule has 0 aliphatic carbocycles. The highest BCUT2D eigenvalue weighted by Gasteiger charge is 2.19. The summed E-state index contributed by atoms with van der Waals surface area (Å²) in [7, 11) is -3.34.